The maximum absolute atomic E-state index is 13.2. The monoisotopic (exact) mass is 439 g/mol. The summed E-state index contributed by atoms with van der Waals surface area (Å²) in [6, 6.07) is 7.71. The van der Waals surface area contributed by atoms with Crippen molar-refractivity contribution in [3.8, 4) is 28.7 Å². The zero-order valence-electron chi connectivity index (χ0n) is 18.4. The second-order valence-electron chi connectivity index (χ2n) is 7.67. The fourth-order valence-corrected chi connectivity index (χ4v) is 3.90. The number of hydrogen-bond donors (Lipinski definition) is 1. The van der Waals surface area contributed by atoms with E-state index in [0.29, 0.717) is 39.8 Å². The number of methoxy groups -OCH3 is 4. The van der Waals surface area contributed by atoms with Gasteiger partial charge in [-0.3, -0.25) is 14.5 Å². The molecule has 8 heteroatoms. The number of β-lactam (4-membered cyclic amide) rings is 1. The molecule has 0 radical (unpaired) electrons. The van der Waals surface area contributed by atoms with Gasteiger partial charge in [-0.2, -0.15) is 0 Å². The number of ether oxygens (including phenoxy) is 4. The van der Waals surface area contributed by atoms with Crippen molar-refractivity contribution >= 4 is 17.4 Å². The molecule has 1 aliphatic heterocycles. The quantitative estimate of drug-likeness (QED) is 0.497. The Morgan fingerprint density at radius 3 is 2.09 bits per heavy atom. The molecule has 1 amide bonds. The molecule has 2 fully saturated rings. The van der Waals surface area contributed by atoms with Crippen LogP contribution >= 0.6 is 0 Å². The van der Waals surface area contributed by atoms with E-state index < -0.39 is 6.04 Å². The second-order valence-corrected chi connectivity index (χ2v) is 7.67. The van der Waals surface area contributed by atoms with Gasteiger partial charge < -0.3 is 24.1 Å². The van der Waals surface area contributed by atoms with Gasteiger partial charge in [-0.15, -0.1) is 0 Å². The summed E-state index contributed by atoms with van der Waals surface area (Å²) in [6.45, 7) is 0. The Hall–Kier alpha value is -3.68. The predicted octanol–water partition coefficient (Wildman–Crippen LogP) is 3.42. The molecule has 1 heterocycles. The molecule has 0 spiro atoms. The SMILES string of the molecule is COc1ccc([C@H]2/C(=C/C(=O)C3CC3)C(=O)N2c2cc(OC)c(OC)c(OC)c2)cc1O. The molecule has 1 saturated heterocycles. The third-order valence-electron chi connectivity index (χ3n) is 5.74. The molecule has 1 saturated carbocycles. The summed E-state index contributed by atoms with van der Waals surface area (Å²) in [4.78, 5) is 27.2. The molecule has 32 heavy (non-hydrogen) atoms. The first-order chi connectivity index (χ1) is 15.4. The molecule has 2 aromatic rings. The summed E-state index contributed by atoms with van der Waals surface area (Å²) in [7, 11) is 5.96. The van der Waals surface area contributed by atoms with E-state index in [1.54, 1.807) is 24.3 Å². The Balaban J connectivity index is 1.81. The second kappa shape index (κ2) is 8.45. The fourth-order valence-electron chi connectivity index (χ4n) is 3.90. The van der Waals surface area contributed by atoms with E-state index in [2.05, 4.69) is 0 Å². The number of benzene rings is 2. The van der Waals surface area contributed by atoms with Gasteiger partial charge in [0.05, 0.1) is 40.2 Å². The number of anilines is 1. The smallest absolute Gasteiger partial charge is 0.257 e. The molecule has 0 bridgehead atoms. The highest BCUT2D eigenvalue weighted by Crippen LogP contribution is 2.49. The summed E-state index contributed by atoms with van der Waals surface area (Å²) < 4.78 is 21.4. The van der Waals surface area contributed by atoms with E-state index in [1.807, 2.05) is 0 Å². The van der Waals surface area contributed by atoms with Gasteiger partial charge in [0.1, 0.15) is 0 Å². The highest BCUT2D eigenvalue weighted by molar-refractivity contribution is 6.18. The van der Waals surface area contributed by atoms with E-state index in [-0.39, 0.29) is 23.4 Å². The zero-order chi connectivity index (χ0) is 23.0. The Bertz CT molecular complexity index is 1080. The summed E-state index contributed by atoms with van der Waals surface area (Å²) >= 11 is 0. The summed E-state index contributed by atoms with van der Waals surface area (Å²) in [5.74, 6) is 1.13. The molecule has 4 rings (SSSR count). The van der Waals surface area contributed by atoms with Crippen LogP contribution in [0.4, 0.5) is 5.69 Å². The van der Waals surface area contributed by atoms with Crippen molar-refractivity contribution in [2.45, 2.75) is 18.9 Å². The first-order valence-electron chi connectivity index (χ1n) is 10.2. The standard InChI is InChI=1S/C24H25NO7/c1-29-19-8-7-14(9-18(19)27)22-16(12-17(26)13-5-6-13)24(28)25(22)15-10-20(30-2)23(32-4)21(11-15)31-3/h7-13,22,27H,5-6H2,1-4H3/b16-12-/t22-/m0/s1. The van der Waals surface area contributed by atoms with Crippen molar-refractivity contribution in [3.63, 3.8) is 0 Å². The highest BCUT2D eigenvalue weighted by atomic mass is 16.5. The molecule has 1 aliphatic carbocycles. The number of hydrogen-bond acceptors (Lipinski definition) is 7. The molecular weight excluding hydrogens is 414 g/mol. The van der Waals surface area contributed by atoms with E-state index in [0.717, 1.165) is 12.8 Å². The van der Waals surface area contributed by atoms with Gasteiger partial charge in [0.15, 0.2) is 28.8 Å². The minimum atomic E-state index is -0.565. The molecule has 0 unspecified atom stereocenters. The summed E-state index contributed by atoms with van der Waals surface area (Å²) in [6.07, 6.45) is 3.14. The van der Waals surface area contributed by atoms with Crippen LogP contribution in [0.5, 0.6) is 28.7 Å². The van der Waals surface area contributed by atoms with Crippen LogP contribution in [0, 0.1) is 5.92 Å². The maximum Gasteiger partial charge on any atom is 0.257 e. The van der Waals surface area contributed by atoms with Gasteiger partial charge in [0.25, 0.3) is 5.91 Å². The van der Waals surface area contributed by atoms with Crippen LogP contribution < -0.4 is 23.8 Å². The highest BCUT2D eigenvalue weighted by Gasteiger charge is 2.46. The normalized spacial score (nSPS) is 18.9. The molecular formula is C24H25NO7. The lowest BCUT2D eigenvalue weighted by molar-refractivity contribution is -0.120. The fraction of sp³-hybridized carbons (Fsp3) is 0.333. The number of phenols is 1. The van der Waals surface area contributed by atoms with Gasteiger partial charge in [0, 0.05) is 23.6 Å². The third-order valence-corrected chi connectivity index (χ3v) is 5.74. The average Bonchev–Trinajstić information content (AvgIpc) is 3.65. The van der Waals surface area contributed by atoms with E-state index in [9.17, 15) is 14.7 Å². The summed E-state index contributed by atoms with van der Waals surface area (Å²) in [5, 5.41) is 10.3. The van der Waals surface area contributed by atoms with Gasteiger partial charge in [-0.05, 0) is 36.6 Å². The number of aromatic hydroxyl groups is 1. The number of carbonyl (C=O) groups is 2. The van der Waals surface area contributed by atoms with Crippen LogP contribution in [0.2, 0.25) is 0 Å². The molecule has 2 aliphatic rings. The lowest BCUT2D eigenvalue weighted by Gasteiger charge is -2.43. The van der Waals surface area contributed by atoms with Gasteiger partial charge in [-0.1, -0.05) is 6.07 Å². The number of carbonyl (C=O) groups excluding carboxylic acids is 2. The summed E-state index contributed by atoms with van der Waals surface area (Å²) in [5.41, 5.74) is 1.53. The number of ketones is 1. The number of allylic oxidation sites excluding steroid dienone is 1. The van der Waals surface area contributed by atoms with Gasteiger partial charge in [0.2, 0.25) is 5.75 Å². The largest absolute Gasteiger partial charge is 0.504 e. The van der Waals surface area contributed by atoms with E-state index in [4.69, 9.17) is 18.9 Å². The lowest BCUT2D eigenvalue weighted by atomic mass is 9.86. The predicted molar refractivity (Wildman–Crippen MR) is 117 cm³/mol. The topological polar surface area (TPSA) is 94.5 Å². The van der Waals surface area contributed by atoms with Crippen LogP contribution in [-0.4, -0.2) is 45.2 Å². The molecule has 1 atom stereocenters. The average molecular weight is 439 g/mol. The van der Waals surface area contributed by atoms with Gasteiger partial charge in [-0.25, -0.2) is 0 Å². The number of amides is 1. The minimum Gasteiger partial charge on any atom is -0.504 e. The number of rotatable bonds is 8. The zero-order valence-corrected chi connectivity index (χ0v) is 18.4. The van der Waals surface area contributed by atoms with Crippen LogP contribution in [0.1, 0.15) is 24.4 Å². The van der Waals surface area contributed by atoms with Crippen molar-refractivity contribution in [2.24, 2.45) is 5.92 Å². The van der Waals surface area contributed by atoms with Gasteiger partial charge >= 0.3 is 0 Å². The number of phenolic OH excluding ortho intramolecular Hbond substituents is 1. The molecule has 0 aromatic heterocycles. The van der Waals surface area contributed by atoms with Crippen molar-refractivity contribution in [3.05, 3.63) is 47.5 Å². The first kappa shape index (κ1) is 21.5. The molecule has 168 valence electrons. The maximum atomic E-state index is 13.2. The minimum absolute atomic E-state index is 0.00422. The van der Waals surface area contributed by atoms with Crippen molar-refractivity contribution in [2.75, 3.05) is 33.3 Å². The number of nitrogens with zero attached hydrogens (tertiary/aromatic N) is 1. The third kappa shape index (κ3) is 3.62. The van der Waals surface area contributed by atoms with Crippen LogP contribution in [0.15, 0.2) is 42.0 Å². The Morgan fingerprint density at radius 1 is 0.969 bits per heavy atom. The van der Waals surface area contributed by atoms with Crippen LogP contribution in [0.25, 0.3) is 0 Å². The van der Waals surface area contributed by atoms with Crippen LogP contribution in [-0.2, 0) is 9.59 Å². The van der Waals surface area contributed by atoms with Crippen molar-refractivity contribution in [1.82, 2.24) is 0 Å². The Labute approximate surface area is 185 Å². The Morgan fingerprint density at radius 2 is 1.59 bits per heavy atom. The Kier molecular flexibility index (Phi) is 5.69. The molecule has 1 N–H and O–H groups in total. The van der Waals surface area contributed by atoms with Crippen molar-refractivity contribution in [1.29, 1.82) is 0 Å². The first-order valence-corrected chi connectivity index (χ1v) is 10.2. The lowest BCUT2D eigenvalue weighted by Crippen LogP contribution is -2.49. The van der Waals surface area contributed by atoms with Crippen LogP contribution in [0.3, 0.4) is 0 Å². The van der Waals surface area contributed by atoms with Crippen molar-refractivity contribution < 1.29 is 33.6 Å². The van der Waals surface area contributed by atoms with E-state index >= 15 is 0 Å². The van der Waals surface area contributed by atoms with E-state index in [1.165, 1.54) is 45.5 Å². The molecule has 8 nitrogen and oxygen atoms in total. The molecule has 2 aromatic carbocycles.